The van der Waals surface area contributed by atoms with Crippen molar-refractivity contribution in [1.29, 1.82) is 0 Å². The van der Waals surface area contributed by atoms with Crippen molar-refractivity contribution in [1.82, 2.24) is 20.3 Å². The summed E-state index contributed by atoms with van der Waals surface area (Å²) in [5.41, 5.74) is 4.09. The van der Waals surface area contributed by atoms with Crippen molar-refractivity contribution < 1.29 is 0 Å². The number of nitrogens with zero attached hydrogens (tertiary/aromatic N) is 3. The van der Waals surface area contributed by atoms with Crippen molar-refractivity contribution >= 4 is 0 Å². The first-order valence-corrected chi connectivity index (χ1v) is 5.96. The van der Waals surface area contributed by atoms with Crippen LogP contribution in [-0.4, -0.2) is 21.0 Å². The van der Waals surface area contributed by atoms with Crippen molar-refractivity contribution in [2.45, 2.75) is 25.4 Å². The van der Waals surface area contributed by atoms with Crippen LogP contribution in [0.15, 0.2) is 30.5 Å². The van der Waals surface area contributed by atoms with Gasteiger partial charge in [0.1, 0.15) is 0 Å². The quantitative estimate of drug-likeness (QED) is 0.854. The molecular formula is C13H16N4. The van der Waals surface area contributed by atoms with Gasteiger partial charge in [0.15, 0.2) is 0 Å². The van der Waals surface area contributed by atoms with Crippen LogP contribution in [0.4, 0.5) is 0 Å². The molecule has 0 atom stereocenters. The van der Waals surface area contributed by atoms with Crippen molar-refractivity contribution in [2.75, 3.05) is 0 Å². The molecule has 17 heavy (non-hydrogen) atoms. The van der Waals surface area contributed by atoms with E-state index in [-0.39, 0.29) is 0 Å². The Balaban J connectivity index is 1.61. The number of rotatable bonds is 3. The maximum Gasteiger partial charge on any atom is 0.0738 e. The summed E-state index contributed by atoms with van der Waals surface area (Å²) < 4.78 is 1.81. The molecule has 88 valence electrons. The molecule has 0 bridgehead atoms. The lowest BCUT2D eigenvalue weighted by Crippen LogP contribution is -2.29. The SMILES string of the molecule is Cn1nncc1CNC1Cc2ccccc2C1. The second-order valence-corrected chi connectivity index (χ2v) is 4.60. The number of fused-ring (bicyclic) bond motifs is 1. The number of aromatic nitrogens is 3. The average Bonchev–Trinajstić information content (AvgIpc) is 2.92. The van der Waals surface area contributed by atoms with Gasteiger partial charge in [-0.1, -0.05) is 29.5 Å². The molecule has 1 aromatic heterocycles. The third kappa shape index (κ3) is 2.08. The topological polar surface area (TPSA) is 42.7 Å². The van der Waals surface area contributed by atoms with Crippen LogP contribution in [0.25, 0.3) is 0 Å². The van der Waals surface area contributed by atoms with Gasteiger partial charge in [-0.2, -0.15) is 0 Å². The first-order chi connectivity index (χ1) is 8.33. The van der Waals surface area contributed by atoms with Gasteiger partial charge in [0.25, 0.3) is 0 Å². The standard InChI is InChI=1S/C13H16N4/c1-17-13(9-15-16-17)8-14-12-6-10-4-2-3-5-11(10)7-12/h2-5,9,12,14H,6-8H2,1H3. The van der Waals surface area contributed by atoms with Crippen LogP contribution >= 0.6 is 0 Å². The van der Waals surface area contributed by atoms with Gasteiger partial charge < -0.3 is 5.32 Å². The van der Waals surface area contributed by atoms with Gasteiger partial charge >= 0.3 is 0 Å². The molecule has 0 spiro atoms. The predicted molar refractivity (Wildman–Crippen MR) is 65.5 cm³/mol. The molecule has 0 radical (unpaired) electrons. The zero-order chi connectivity index (χ0) is 11.7. The van der Waals surface area contributed by atoms with E-state index >= 15 is 0 Å². The number of aryl methyl sites for hydroxylation is 1. The van der Waals surface area contributed by atoms with Crippen molar-refractivity contribution in [2.24, 2.45) is 7.05 Å². The van der Waals surface area contributed by atoms with Gasteiger partial charge in [0.05, 0.1) is 11.9 Å². The predicted octanol–water partition coefficient (Wildman–Crippen LogP) is 1.07. The molecule has 1 aliphatic rings. The summed E-state index contributed by atoms with van der Waals surface area (Å²) in [6.45, 7) is 0.835. The fourth-order valence-electron chi connectivity index (χ4n) is 2.42. The van der Waals surface area contributed by atoms with Crippen LogP contribution in [0, 0.1) is 0 Å². The Labute approximate surface area is 101 Å². The third-order valence-corrected chi connectivity index (χ3v) is 3.43. The van der Waals surface area contributed by atoms with E-state index in [2.05, 4.69) is 39.9 Å². The summed E-state index contributed by atoms with van der Waals surface area (Å²) in [5, 5.41) is 11.4. The summed E-state index contributed by atoms with van der Waals surface area (Å²) in [5.74, 6) is 0. The van der Waals surface area contributed by atoms with Crippen LogP contribution in [-0.2, 0) is 26.4 Å². The van der Waals surface area contributed by atoms with E-state index in [4.69, 9.17) is 0 Å². The van der Waals surface area contributed by atoms with Gasteiger partial charge in [0.2, 0.25) is 0 Å². The molecule has 0 aliphatic heterocycles. The van der Waals surface area contributed by atoms with Gasteiger partial charge in [-0.05, 0) is 24.0 Å². The van der Waals surface area contributed by atoms with Crippen molar-refractivity contribution in [3.8, 4) is 0 Å². The fourth-order valence-corrected chi connectivity index (χ4v) is 2.42. The molecule has 0 fully saturated rings. The Morgan fingerprint density at radius 3 is 2.59 bits per heavy atom. The molecule has 3 rings (SSSR count). The fraction of sp³-hybridized carbons (Fsp3) is 0.385. The van der Waals surface area contributed by atoms with Crippen LogP contribution < -0.4 is 5.32 Å². The second kappa shape index (κ2) is 4.30. The number of hydrogen-bond acceptors (Lipinski definition) is 3. The lowest BCUT2D eigenvalue weighted by atomic mass is 10.1. The summed E-state index contributed by atoms with van der Waals surface area (Å²) >= 11 is 0. The minimum absolute atomic E-state index is 0.544. The minimum atomic E-state index is 0.544. The van der Waals surface area contributed by atoms with Crippen molar-refractivity contribution in [3.05, 3.63) is 47.3 Å². The van der Waals surface area contributed by atoms with Crippen LogP contribution in [0.3, 0.4) is 0 Å². The average molecular weight is 228 g/mol. The van der Waals surface area contributed by atoms with Gasteiger partial charge in [-0.15, -0.1) is 5.10 Å². The van der Waals surface area contributed by atoms with Gasteiger partial charge in [0, 0.05) is 19.6 Å². The Hall–Kier alpha value is -1.68. The van der Waals surface area contributed by atoms with Crippen LogP contribution in [0.5, 0.6) is 0 Å². The van der Waals surface area contributed by atoms with E-state index in [0.29, 0.717) is 6.04 Å². The lowest BCUT2D eigenvalue weighted by Gasteiger charge is -2.11. The number of benzene rings is 1. The number of nitrogens with one attached hydrogen (secondary N) is 1. The molecule has 1 heterocycles. The Kier molecular flexibility index (Phi) is 2.65. The van der Waals surface area contributed by atoms with E-state index in [1.807, 2.05) is 17.9 Å². The largest absolute Gasteiger partial charge is 0.308 e. The normalized spacial score (nSPS) is 15.1. The molecular weight excluding hydrogens is 212 g/mol. The summed E-state index contributed by atoms with van der Waals surface area (Å²) in [6.07, 6.45) is 4.07. The van der Waals surface area contributed by atoms with Crippen molar-refractivity contribution in [3.63, 3.8) is 0 Å². The number of hydrogen-bond donors (Lipinski definition) is 1. The molecule has 1 aromatic carbocycles. The highest BCUT2D eigenvalue weighted by molar-refractivity contribution is 5.33. The van der Waals surface area contributed by atoms with E-state index < -0.39 is 0 Å². The maximum atomic E-state index is 3.93. The summed E-state index contributed by atoms with van der Waals surface area (Å²) in [4.78, 5) is 0. The first-order valence-electron chi connectivity index (χ1n) is 5.96. The highest BCUT2D eigenvalue weighted by Crippen LogP contribution is 2.21. The van der Waals surface area contributed by atoms with E-state index in [1.165, 1.54) is 11.1 Å². The zero-order valence-corrected chi connectivity index (χ0v) is 9.93. The molecule has 0 unspecified atom stereocenters. The zero-order valence-electron chi connectivity index (χ0n) is 9.93. The molecule has 4 heteroatoms. The summed E-state index contributed by atoms with van der Waals surface area (Å²) in [7, 11) is 1.92. The highest BCUT2D eigenvalue weighted by Gasteiger charge is 2.20. The van der Waals surface area contributed by atoms with E-state index in [9.17, 15) is 0 Å². The van der Waals surface area contributed by atoms with Gasteiger partial charge in [-0.3, -0.25) is 4.68 Å². The van der Waals surface area contributed by atoms with E-state index in [0.717, 1.165) is 25.1 Å². The minimum Gasteiger partial charge on any atom is -0.308 e. The Bertz CT molecular complexity index is 493. The first kappa shape index (κ1) is 10.5. The van der Waals surface area contributed by atoms with E-state index in [1.54, 1.807) is 0 Å². The highest BCUT2D eigenvalue weighted by atomic mass is 15.4. The second-order valence-electron chi connectivity index (χ2n) is 4.60. The third-order valence-electron chi connectivity index (χ3n) is 3.43. The molecule has 0 saturated heterocycles. The molecule has 4 nitrogen and oxygen atoms in total. The van der Waals surface area contributed by atoms with Crippen LogP contribution in [0.1, 0.15) is 16.8 Å². The monoisotopic (exact) mass is 228 g/mol. The maximum absolute atomic E-state index is 3.93. The van der Waals surface area contributed by atoms with Gasteiger partial charge in [-0.25, -0.2) is 0 Å². The Morgan fingerprint density at radius 2 is 2.00 bits per heavy atom. The summed E-state index contributed by atoms with van der Waals surface area (Å²) in [6, 6.07) is 9.23. The molecule has 2 aromatic rings. The lowest BCUT2D eigenvalue weighted by molar-refractivity contribution is 0.514. The Morgan fingerprint density at radius 1 is 1.29 bits per heavy atom. The molecule has 0 saturated carbocycles. The van der Waals surface area contributed by atoms with Crippen LogP contribution in [0.2, 0.25) is 0 Å². The molecule has 0 amide bonds. The molecule has 1 N–H and O–H groups in total. The smallest absolute Gasteiger partial charge is 0.0738 e. The molecule has 1 aliphatic carbocycles.